The predicted molar refractivity (Wildman–Crippen MR) is 60.5 cm³/mol. The number of thiocarbonyl (C=S) groups is 1. The van der Waals surface area contributed by atoms with Gasteiger partial charge in [-0.2, -0.15) is 0 Å². The Morgan fingerprint density at radius 1 is 1.56 bits per heavy atom. The average Bonchev–Trinajstić information content (AvgIpc) is 2.21. The average molecular weight is 254 g/mol. The van der Waals surface area contributed by atoms with Gasteiger partial charge >= 0.3 is 0 Å². The molecule has 0 aromatic carbocycles. The number of halogens is 2. The summed E-state index contributed by atoms with van der Waals surface area (Å²) in [6.45, 7) is 1.01. The van der Waals surface area contributed by atoms with Crippen molar-refractivity contribution >= 4 is 23.1 Å². The van der Waals surface area contributed by atoms with E-state index in [4.69, 9.17) is 18.0 Å². The summed E-state index contributed by atoms with van der Waals surface area (Å²) in [5.74, 6) is -0.241. The highest BCUT2D eigenvalue weighted by Crippen LogP contribution is 2.00. The number of ether oxygens (including phenoxy) is 1. The van der Waals surface area contributed by atoms with Crippen LogP contribution in [0.2, 0.25) is 0 Å². The van der Waals surface area contributed by atoms with Crippen LogP contribution in [0.15, 0.2) is 0 Å². The monoisotopic (exact) mass is 254 g/mol. The Hall–Kier alpha value is -0.820. The van der Waals surface area contributed by atoms with E-state index in [1.807, 2.05) is 0 Å². The van der Waals surface area contributed by atoms with Crippen molar-refractivity contribution in [1.29, 1.82) is 0 Å². The van der Waals surface area contributed by atoms with Crippen molar-refractivity contribution in [3.05, 3.63) is 0 Å². The first kappa shape index (κ1) is 15.2. The highest BCUT2D eigenvalue weighted by Gasteiger charge is 2.17. The Kier molecular flexibility index (Phi) is 7.07. The van der Waals surface area contributed by atoms with Crippen molar-refractivity contribution in [1.82, 2.24) is 4.90 Å². The molecule has 16 heavy (non-hydrogen) atoms. The van der Waals surface area contributed by atoms with Gasteiger partial charge < -0.3 is 15.4 Å². The van der Waals surface area contributed by atoms with Gasteiger partial charge in [0, 0.05) is 7.05 Å². The Labute approximate surface area is 98.7 Å². The second-order valence-electron chi connectivity index (χ2n) is 3.30. The van der Waals surface area contributed by atoms with Crippen LogP contribution < -0.4 is 5.73 Å². The largest absolute Gasteiger partial charge is 0.392 e. The zero-order valence-corrected chi connectivity index (χ0v) is 10.1. The van der Waals surface area contributed by atoms with Crippen molar-refractivity contribution in [3.8, 4) is 0 Å². The van der Waals surface area contributed by atoms with Crippen molar-refractivity contribution < 1.29 is 18.3 Å². The molecule has 0 bridgehead atoms. The van der Waals surface area contributed by atoms with E-state index in [-0.39, 0.29) is 30.0 Å². The van der Waals surface area contributed by atoms with E-state index < -0.39 is 13.0 Å². The molecule has 0 aromatic rings. The van der Waals surface area contributed by atoms with Gasteiger partial charge in [0.2, 0.25) is 5.91 Å². The topological polar surface area (TPSA) is 55.6 Å². The van der Waals surface area contributed by atoms with E-state index in [1.54, 1.807) is 14.0 Å². The fourth-order valence-electron chi connectivity index (χ4n) is 0.915. The lowest BCUT2D eigenvalue weighted by molar-refractivity contribution is -0.132. The molecule has 0 spiro atoms. The van der Waals surface area contributed by atoms with Crippen molar-refractivity contribution in [3.63, 3.8) is 0 Å². The van der Waals surface area contributed by atoms with E-state index in [0.717, 1.165) is 0 Å². The molecule has 0 fully saturated rings. The lowest BCUT2D eigenvalue weighted by Crippen LogP contribution is -2.43. The van der Waals surface area contributed by atoms with Crippen LogP contribution >= 0.6 is 12.2 Å². The first-order valence-corrected chi connectivity index (χ1v) is 5.18. The summed E-state index contributed by atoms with van der Waals surface area (Å²) in [4.78, 5) is 13.1. The molecule has 0 saturated heterocycles. The van der Waals surface area contributed by atoms with Crippen LogP contribution in [0.5, 0.6) is 0 Å². The third-order valence-corrected chi connectivity index (χ3v) is 2.43. The number of hydrogen-bond acceptors (Lipinski definition) is 3. The number of carbonyl (C=O) groups excluding carboxylic acids is 1. The highest BCUT2D eigenvalue weighted by molar-refractivity contribution is 7.80. The van der Waals surface area contributed by atoms with Gasteiger partial charge in [0.15, 0.2) is 0 Å². The molecule has 1 unspecified atom stereocenters. The van der Waals surface area contributed by atoms with Gasteiger partial charge in [-0.3, -0.25) is 4.79 Å². The summed E-state index contributed by atoms with van der Waals surface area (Å²) in [7, 11) is 1.55. The van der Waals surface area contributed by atoms with E-state index >= 15 is 0 Å². The van der Waals surface area contributed by atoms with Gasteiger partial charge in [-0.1, -0.05) is 12.2 Å². The zero-order valence-electron chi connectivity index (χ0n) is 9.28. The van der Waals surface area contributed by atoms with Crippen LogP contribution in [0.1, 0.15) is 13.3 Å². The molecule has 0 heterocycles. The maximum absolute atomic E-state index is 11.7. The maximum atomic E-state index is 11.7. The minimum absolute atomic E-state index is 0.0302. The number of amides is 1. The SMILES string of the molecule is CC(C(N)=S)N(C)C(=O)CCOCC(F)F. The molecule has 0 rings (SSSR count). The molecular formula is C9H16F2N2O2S. The van der Waals surface area contributed by atoms with Gasteiger partial charge in [0.25, 0.3) is 6.43 Å². The molecule has 0 radical (unpaired) electrons. The minimum atomic E-state index is -2.51. The quantitative estimate of drug-likeness (QED) is 0.539. The van der Waals surface area contributed by atoms with E-state index in [1.165, 1.54) is 4.90 Å². The van der Waals surface area contributed by atoms with E-state index in [9.17, 15) is 13.6 Å². The lowest BCUT2D eigenvalue weighted by atomic mass is 10.2. The second kappa shape index (κ2) is 7.45. The lowest BCUT2D eigenvalue weighted by Gasteiger charge is -2.23. The molecular weight excluding hydrogens is 238 g/mol. The van der Waals surface area contributed by atoms with Crippen LogP contribution in [-0.4, -0.2) is 48.5 Å². The van der Waals surface area contributed by atoms with Crippen molar-refractivity contribution in [2.75, 3.05) is 20.3 Å². The van der Waals surface area contributed by atoms with Crippen molar-refractivity contribution in [2.24, 2.45) is 5.73 Å². The Morgan fingerprint density at radius 2 is 2.12 bits per heavy atom. The van der Waals surface area contributed by atoms with Gasteiger partial charge in [-0.25, -0.2) is 8.78 Å². The Balaban J connectivity index is 3.84. The molecule has 0 aromatic heterocycles. The van der Waals surface area contributed by atoms with Crippen LogP contribution in [0.3, 0.4) is 0 Å². The summed E-state index contributed by atoms with van der Waals surface area (Å²) >= 11 is 4.74. The summed E-state index contributed by atoms with van der Waals surface area (Å²) in [6.07, 6.45) is -2.47. The third kappa shape index (κ3) is 5.92. The molecule has 0 aliphatic heterocycles. The highest BCUT2D eigenvalue weighted by atomic mass is 32.1. The number of nitrogens with zero attached hydrogens (tertiary/aromatic N) is 1. The Morgan fingerprint density at radius 3 is 2.56 bits per heavy atom. The van der Waals surface area contributed by atoms with E-state index in [2.05, 4.69) is 4.74 Å². The maximum Gasteiger partial charge on any atom is 0.261 e. The molecule has 0 aliphatic rings. The standard InChI is InChI=1S/C9H16F2N2O2S/c1-6(9(12)16)13(2)8(14)3-4-15-5-7(10)11/h6-7H,3-5H2,1-2H3,(H2,12,16). The first-order valence-electron chi connectivity index (χ1n) is 4.77. The summed E-state index contributed by atoms with van der Waals surface area (Å²) < 4.78 is 28.0. The number of likely N-dealkylation sites (N-methyl/N-ethyl adjacent to an activating group) is 1. The number of hydrogen-bond donors (Lipinski definition) is 1. The Bertz CT molecular complexity index is 252. The molecule has 2 N–H and O–H groups in total. The number of nitrogens with two attached hydrogens (primary N) is 1. The van der Waals surface area contributed by atoms with Gasteiger partial charge in [0.1, 0.15) is 6.61 Å². The fraction of sp³-hybridized carbons (Fsp3) is 0.778. The van der Waals surface area contributed by atoms with Crippen LogP contribution in [0.4, 0.5) is 8.78 Å². The molecule has 0 aliphatic carbocycles. The normalized spacial score (nSPS) is 12.6. The zero-order chi connectivity index (χ0) is 12.7. The van der Waals surface area contributed by atoms with Gasteiger partial charge in [0.05, 0.1) is 24.1 Å². The number of alkyl halides is 2. The summed E-state index contributed by atoms with van der Waals surface area (Å²) in [6, 6.07) is -0.349. The van der Waals surface area contributed by atoms with E-state index in [0.29, 0.717) is 0 Å². The van der Waals surface area contributed by atoms with Gasteiger partial charge in [-0.05, 0) is 6.92 Å². The van der Waals surface area contributed by atoms with Crippen molar-refractivity contribution in [2.45, 2.75) is 25.8 Å². The molecule has 4 nitrogen and oxygen atoms in total. The second-order valence-corrected chi connectivity index (χ2v) is 3.77. The van der Waals surface area contributed by atoms with Gasteiger partial charge in [-0.15, -0.1) is 0 Å². The third-order valence-electron chi connectivity index (χ3n) is 2.09. The number of carbonyl (C=O) groups is 1. The van der Waals surface area contributed by atoms with Crippen LogP contribution in [-0.2, 0) is 9.53 Å². The smallest absolute Gasteiger partial charge is 0.261 e. The molecule has 1 atom stereocenters. The summed E-state index contributed by atoms with van der Waals surface area (Å²) in [5.41, 5.74) is 5.38. The predicted octanol–water partition coefficient (Wildman–Crippen LogP) is 0.791. The molecule has 1 amide bonds. The fourth-order valence-corrected chi connectivity index (χ4v) is 1.07. The number of rotatable bonds is 7. The molecule has 7 heteroatoms. The minimum Gasteiger partial charge on any atom is -0.392 e. The summed E-state index contributed by atoms with van der Waals surface area (Å²) in [5, 5.41) is 0. The van der Waals surface area contributed by atoms with Crippen LogP contribution in [0, 0.1) is 0 Å². The first-order chi connectivity index (χ1) is 7.36. The molecule has 94 valence electrons. The van der Waals surface area contributed by atoms with Crippen LogP contribution in [0.25, 0.3) is 0 Å². The molecule has 0 saturated carbocycles.